The fourth-order valence-corrected chi connectivity index (χ4v) is 7.68. The summed E-state index contributed by atoms with van der Waals surface area (Å²) < 4.78 is 84.1. The van der Waals surface area contributed by atoms with Gasteiger partial charge in [0.05, 0.1) is 53.7 Å². The molecule has 2 N–H and O–H groups in total. The molecule has 1 unspecified atom stereocenters. The van der Waals surface area contributed by atoms with E-state index in [-0.39, 0.29) is 56.2 Å². The average Bonchev–Trinajstić information content (AvgIpc) is 3.61. The van der Waals surface area contributed by atoms with Gasteiger partial charge in [-0.25, -0.2) is 8.78 Å². The Hall–Kier alpha value is -4.03. The number of carbonyl (C=O) groups is 1. The van der Waals surface area contributed by atoms with Gasteiger partial charge in [0.2, 0.25) is 0 Å². The SMILES string of the molecule is C=C(F)C(=O)N1CCN(c2nc(OCC34CCCN3CCC4)nc3c2COC(c2c(F)c(N)cc(C)c2C(F)(F)F)C3)C[C@@H]1CC#N. The molecule has 0 spiro atoms. The summed E-state index contributed by atoms with van der Waals surface area (Å²) in [5, 5.41) is 9.46. The lowest BCUT2D eigenvalue weighted by atomic mass is 9.91. The molecule has 1 aromatic heterocycles. The molecule has 0 saturated carbocycles. The highest BCUT2D eigenvalue weighted by Crippen LogP contribution is 2.45. The molecule has 5 heterocycles. The number of hydrogen-bond acceptors (Lipinski definition) is 9. The maximum atomic E-state index is 15.4. The largest absolute Gasteiger partial charge is 0.461 e. The molecule has 47 heavy (non-hydrogen) atoms. The number of aryl methyl sites for hydroxylation is 1. The Bertz CT molecular complexity index is 1620. The molecular weight excluding hydrogens is 625 g/mol. The number of anilines is 2. The number of rotatable bonds is 7. The molecule has 3 fully saturated rings. The van der Waals surface area contributed by atoms with E-state index in [1.54, 1.807) is 0 Å². The Morgan fingerprint density at radius 2 is 1.96 bits per heavy atom. The zero-order chi connectivity index (χ0) is 33.7. The van der Waals surface area contributed by atoms with Crippen LogP contribution in [-0.4, -0.2) is 76.6 Å². The number of amides is 1. The van der Waals surface area contributed by atoms with Gasteiger partial charge in [-0.05, 0) is 57.3 Å². The Labute approximate surface area is 268 Å². The third-order valence-corrected chi connectivity index (χ3v) is 9.87. The number of fused-ring (bicyclic) bond motifs is 2. The van der Waals surface area contributed by atoms with E-state index < -0.39 is 52.7 Å². The zero-order valence-corrected chi connectivity index (χ0v) is 26.0. The molecule has 15 heteroatoms. The fraction of sp³-hybridized carbons (Fsp3) is 0.562. The zero-order valence-electron chi connectivity index (χ0n) is 26.0. The number of nitriles is 1. The molecule has 3 saturated heterocycles. The number of piperazine rings is 1. The van der Waals surface area contributed by atoms with Crippen LogP contribution >= 0.6 is 0 Å². The molecule has 252 valence electrons. The number of carbonyl (C=O) groups excluding carboxylic acids is 1. The van der Waals surface area contributed by atoms with Crippen molar-refractivity contribution < 1.29 is 36.2 Å². The second-order valence-corrected chi connectivity index (χ2v) is 12.7. The minimum atomic E-state index is -4.87. The van der Waals surface area contributed by atoms with E-state index in [4.69, 9.17) is 20.2 Å². The lowest BCUT2D eigenvalue weighted by Gasteiger charge is -2.42. The number of aromatic nitrogens is 2. The van der Waals surface area contributed by atoms with Crippen molar-refractivity contribution in [1.82, 2.24) is 19.8 Å². The van der Waals surface area contributed by atoms with Crippen molar-refractivity contribution >= 4 is 17.4 Å². The first-order valence-corrected chi connectivity index (χ1v) is 15.6. The van der Waals surface area contributed by atoms with Crippen LogP contribution in [0.5, 0.6) is 6.01 Å². The third-order valence-electron chi connectivity index (χ3n) is 9.87. The average molecular weight is 662 g/mol. The fourth-order valence-electron chi connectivity index (χ4n) is 7.68. The molecule has 1 amide bonds. The van der Waals surface area contributed by atoms with Gasteiger partial charge in [-0.3, -0.25) is 9.69 Å². The van der Waals surface area contributed by atoms with Crippen LogP contribution in [-0.2, 0) is 28.7 Å². The molecule has 0 bridgehead atoms. The van der Waals surface area contributed by atoms with Crippen molar-refractivity contribution in [3.63, 3.8) is 0 Å². The van der Waals surface area contributed by atoms with Gasteiger partial charge in [-0.2, -0.15) is 28.4 Å². The van der Waals surface area contributed by atoms with Gasteiger partial charge in [0, 0.05) is 37.2 Å². The maximum Gasteiger partial charge on any atom is 0.417 e. The van der Waals surface area contributed by atoms with Crippen molar-refractivity contribution in [1.29, 1.82) is 5.26 Å². The third kappa shape index (κ3) is 6.09. The van der Waals surface area contributed by atoms with Crippen LogP contribution < -0.4 is 15.4 Å². The van der Waals surface area contributed by atoms with Gasteiger partial charge >= 0.3 is 12.2 Å². The van der Waals surface area contributed by atoms with Crippen LogP contribution in [0.1, 0.15) is 66.2 Å². The van der Waals surface area contributed by atoms with Crippen molar-refractivity contribution in [2.45, 2.75) is 75.9 Å². The summed E-state index contributed by atoms with van der Waals surface area (Å²) in [5.74, 6) is -2.87. The van der Waals surface area contributed by atoms with E-state index in [0.29, 0.717) is 23.7 Å². The summed E-state index contributed by atoms with van der Waals surface area (Å²) >= 11 is 0. The van der Waals surface area contributed by atoms with E-state index in [1.165, 1.54) is 11.8 Å². The van der Waals surface area contributed by atoms with Gasteiger partial charge in [0.15, 0.2) is 11.6 Å². The summed E-state index contributed by atoms with van der Waals surface area (Å²) in [6.07, 6.45) is -2.53. The Morgan fingerprint density at radius 3 is 2.62 bits per heavy atom. The van der Waals surface area contributed by atoms with Gasteiger partial charge in [0.1, 0.15) is 12.4 Å². The summed E-state index contributed by atoms with van der Waals surface area (Å²) in [7, 11) is 0. The predicted octanol–water partition coefficient (Wildman–Crippen LogP) is 4.76. The lowest BCUT2D eigenvalue weighted by Crippen LogP contribution is -2.55. The van der Waals surface area contributed by atoms with E-state index in [0.717, 1.165) is 44.8 Å². The number of halogens is 5. The minimum Gasteiger partial charge on any atom is -0.461 e. The minimum absolute atomic E-state index is 0.0141. The maximum absolute atomic E-state index is 15.4. The summed E-state index contributed by atoms with van der Waals surface area (Å²) in [6.45, 7) is 6.71. The van der Waals surface area contributed by atoms with Crippen LogP contribution in [0, 0.1) is 24.1 Å². The monoisotopic (exact) mass is 661 g/mol. The van der Waals surface area contributed by atoms with Crippen molar-refractivity contribution in [2.24, 2.45) is 0 Å². The smallest absolute Gasteiger partial charge is 0.417 e. The van der Waals surface area contributed by atoms with Crippen LogP contribution in [0.4, 0.5) is 33.5 Å². The normalized spacial score (nSPS) is 22.5. The first-order valence-electron chi connectivity index (χ1n) is 15.6. The molecule has 0 radical (unpaired) electrons. The van der Waals surface area contributed by atoms with Crippen molar-refractivity contribution in [2.75, 3.05) is 50.0 Å². The first kappa shape index (κ1) is 32.9. The van der Waals surface area contributed by atoms with Crippen LogP contribution in [0.25, 0.3) is 0 Å². The summed E-state index contributed by atoms with van der Waals surface area (Å²) in [4.78, 5) is 27.3. The van der Waals surface area contributed by atoms with Crippen LogP contribution in [0.2, 0.25) is 0 Å². The van der Waals surface area contributed by atoms with Crippen molar-refractivity contribution in [3.05, 3.63) is 52.2 Å². The number of nitrogens with two attached hydrogens (primary N) is 1. The molecule has 4 aliphatic heterocycles. The van der Waals surface area contributed by atoms with Gasteiger partial charge < -0.3 is 25.0 Å². The number of hydrogen-bond donors (Lipinski definition) is 1. The second kappa shape index (κ2) is 12.5. The Morgan fingerprint density at radius 1 is 1.23 bits per heavy atom. The molecular formula is C32H36F5N7O3. The highest BCUT2D eigenvalue weighted by Gasteiger charge is 2.46. The highest BCUT2D eigenvalue weighted by molar-refractivity contribution is 5.91. The number of nitrogens with zero attached hydrogens (tertiary/aromatic N) is 6. The molecule has 10 nitrogen and oxygen atoms in total. The number of ether oxygens (including phenoxy) is 2. The molecule has 2 atom stereocenters. The second-order valence-electron chi connectivity index (χ2n) is 12.7. The van der Waals surface area contributed by atoms with Crippen molar-refractivity contribution in [3.8, 4) is 12.1 Å². The molecule has 4 aliphatic rings. The van der Waals surface area contributed by atoms with E-state index >= 15 is 4.39 Å². The van der Waals surface area contributed by atoms with Gasteiger partial charge in [-0.15, -0.1) is 0 Å². The summed E-state index contributed by atoms with van der Waals surface area (Å²) in [6, 6.07) is 2.32. The highest BCUT2D eigenvalue weighted by atomic mass is 19.4. The number of alkyl halides is 3. The van der Waals surface area contributed by atoms with E-state index in [1.807, 2.05) is 11.0 Å². The number of nitrogen functional groups attached to an aromatic ring is 1. The molecule has 0 aliphatic carbocycles. The predicted molar refractivity (Wildman–Crippen MR) is 160 cm³/mol. The molecule has 1 aromatic carbocycles. The summed E-state index contributed by atoms with van der Waals surface area (Å²) in [5.41, 5.74) is 3.96. The Balaban J connectivity index is 1.38. The molecule has 6 rings (SSSR count). The van der Waals surface area contributed by atoms with Crippen LogP contribution in [0.15, 0.2) is 18.5 Å². The Kier molecular flexibility index (Phi) is 8.77. The molecule has 2 aromatic rings. The van der Waals surface area contributed by atoms with Gasteiger partial charge in [-0.1, -0.05) is 6.58 Å². The van der Waals surface area contributed by atoms with Crippen LogP contribution in [0.3, 0.4) is 0 Å². The van der Waals surface area contributed by atoms with E-state index in [9.17, 15) is 27.6 Å². The topological polar surface area (TPSA) is 121 Å². The van der Waals surface area contributed by atoms with E-state index in [2.05, 4.69) is 16.5 Å². The first-order chi connectivity index (χ1) is 22.3. The number of benzene rings is 1. The standard InChI is InChI=1S/C32H36F5N7O3/c1-18-13-22(39)27(34)25(26(18)32(35,36)37)24-14-23-21(16-46-24)28(42-11-12-44(29(45)19(2)33)20(15-42)5-8-38)41-30(40-23)47-17-31-6-3-9-43(31)10-4-7-31/h13,20,24H,2-7,9-12,14-17,39H2,1H3/t20-,24?/m0/s1. The van der Waals surface area contributed by atoms with Gasteiger partial charge in [0.25, 0.3) is 5.91 Å². The quantitative estimate of drug-likeness (QED) is 0.254. The lowest BCUT2D eigenvalue weighted by molar-refractivity contribution is -0.140.